The van der Waals surface area contributed by atoms with Gasteiger partial charge in [0.1, 0.15) is 12.2 Å². The molecule has 0 spiro atoms. The normalized spacial score (nSPS) is 23.0. The van der Waals surface area contributed by atoms with Crippen LogP contribution in [0.5, 0.6) is 0 Å². The molecule has 0 saturated heterocycles. The molecule has 0 radical (unpaired) electrons. The Morgan fingerprint density at radius 1 is 0.927 bits per heavy atom. The molecular formula is C36H48O4Si. The highest BCUT2D eigenvalue weighted by Gasteiger charge is 2.51. The van der Waals surface area contributed by atoms with Crippen molar-refractivity contribution in [1.29, 1.82) is 0 Å². The second kappa shape index (κ2) is 16.4. The molecule has 2 aromatic carbocycles. The molecule has 0 bridgehead atoms. The van der Waals surface area contributed by atoms with E-state index in [9.17, 15) is 9.90 Å². The molecule has 1 aliphatic heterocycles. The largest absolute Gasteiger partial charge is 0.459 e. The lowest BCUT2D eigenvalue weighted by Gasteiger charge is -2.44. The van der Waals surface area contributed by atoms with E-state index in [4.69, 9.17) is 9.16 Å². The molecule has 3 rings (SSSR count). The highest BCUT2D eigenvalue weighted by atomic mass is 28.4. The minimum absolute atomic E-state index is 0.165. The average molecular weight is 573 g/mol. The number of cyclic esters (lactones) is 1. The van der Waals surface area contributed by atoms with Gasteiger partial charge in [-0.05, 0) is 47.5 Å². The van der Waals surface area contributed by atoms with Crippen LogP contribution in [0.15, 0.2) is 109 Å². The summed E-state index contributed by atoms with van der Waals surface area (Å²) in [5.74, 6) is -0.269. The molecular weight excluding hydrogens is 524 g/mol. The Hall–Kier alpha value is -2.99. The molecule has 2 aromatic rings. The van der Waals surface area contributed by atoms with E-state index in [-0.39, 0.29) is 17.1 Å². The second-order valence-corrected chi connectivity index (χ2v) is 15.9. The van der Waals surface area contributed by atoms with E-state index in [1.165, 1.54) is 10.4 Å². The molecule has 220 valence electrons. The van der Waals surface area contributed by atoms with Gasteiger partial charge in [0, 0.05) is 12.8 Å². The van der Waals surface area contributed by atoms with Crippen molar-refractivity contribution in [3.8, 4) is 0 Å². The minimum Gasteiger partial charge on any atom is -0.459 e. The van der Waals surface area contributed by atoms with Gasteiger partial charge in [-0.25, -0.2) is 0 Å². The summed E-state index contributed by atoms with van der Waals surface area (Å²) in [6.45, 7) is 8.91. The Morgan fingerprint density at radius 3 is 2.17 bits per heavy atom. The Balaban J connectivity index is 1.97. The zero-order chi connectivity index (χ0) is 29.6. The van der Waals surface area contributed by atoms with E-state index >= 15 is 0 Å². The molecule has 0 unspecified atom stereocenters. The summed E-state index contributed by atoms with van der Waals surface area (Å²) in [6.07, 6.45) is 19.2. The summed E-state index contributed by atoms with van der Waals surface area (Å²) in [5, 5.41) is 13.5. The predicted molar refractivity (Wildman–Crippen MR) is 173 cm³/mol. The number of allylic oxidation sites excluding steroid dienone is 4. The third-order valence-electron chi connectivity index (χ3n) is 7.43. The van der Waals surface area contributed by atoms with E-state index in [2.05, 4.69) is 107 Å². The molecule has 0 saturated carbocycles. The zero-order valence-corrected chi connectivity index (χ0v) is 26.2. The molecule has 0 aromatic heterocycles. The predicted octanol–water partition coefficient (Wildman–Crippen LogP) is 7.19. The Bertz CT molecular complexity index is 1120. The maximum Gasteiger partial charge on any atom is 0.306 e. The third kappa shape index (κ3) is 9.52. The standard InChI is InChI=1S/C36H48O4Si/c1-5-6-7-8-9-19-26-34-33(37)29-28-30(21-14-10-11-20-27-35(38)39-34)40-41(36(2,3)4,31-22-15-12-16-23-31)32-24-17-13-18-25-32/h6-7,9-10,12-19,22-25,28-30,33-34,37H,5,8,11,20-21,26-27H2,1-4H3/b7-6-,14-10-,19-9-,29-28+/t30-,33+,34-/m1/s1. The van der Waals surface area contributed by atoms with Crippen molar-refractivity contribution in [3.63, 3.8) is 0 Å². The fraction of sp³-hybridized carbons (Fsp3) is 0.417. The second-order valence-electron chi connectivity index (χ2n) is 11.6. The molecule has 0 amide bonds. The summed E-state index contributed by atoms with van der Waals surface area (Å²) >= 11 is 0. The van der Waals surface area contributed by atoms with Gasteiger partial charge < -0.3 is 14.3 Å². The van der Waals surface area contributed by atoms with Gasteiger partial charge in [-0.15, -0.1) is 0 Å². The van der Waals surface area contributed by atoms with Crippen LogP contribution < -0.4 is 10.4 Å². The number of carbonyl (C=O) groups is 1. The molecule has 5 heteroatoms. The van der Waals surface area contributed by atoms with Gasteiger partial charge in [0.25, 0.3) is 8.32 Å². The number of hydrogen-bond donors (Lipinski definition) is 1. The highest BCUT2D eigenvalue weighted by molar-refractivity contribution is 6.99. The van der Waals surface area contributed by atoms with Gasteiger partial charge in [0.05, 0.1) is 6.10 Å². The maximum atomic E-state index is 12.6. The smallest absolute Gasteiger partial charge is 0.306 e. The van der Waals surface area contributed by atoms with Crippen LogP contribution in [-0.4, -0.2) is 37.7 Å². The summed E-state index contributed by atoms with van der Waals surface area (Å²) in [4.78, 5) is 12.6. The van der Waals surface area contributed by atoms with Crippen molar-refractivity contribution in [2.45, 2.75) is 96.0 Å². The first kappa shape index (κ1) is 32.5. The van der Waals surface area contributed by atoms with E-state index in [1.54, 1.807) is 6.08 Å². The van der Waals surface area contributed by atoms with Crippen molar-refractivity contribution in [2.75, 3.05) is 0 Å². The molecule has 3 atom stereocenters. The number of aliphatic hydroxyl groups is 1. The van der Waals surface area contributed by atoms with Crippen molar-refractivity contribution in [1.82, 2.24) is 0 Å². The lowest BCUT2D eigenvalue weighted by atomic mass is 10.1. The van der Waals surface area contributed by atoms with Crippen LogP contribution in [0.2, 0.25) is 5.04 Å². The van der Waals surface area contributed by atoms with Crippen LogP contribution >= 0.6 is 0 Å². The third-order valence-corrected chi connectivity index (χ3v) is 12.5. The fourth-order valence-electron chi connectivity index (χ4n) is 5.31. The Kier molecular flexibility index (Phi) is 13.0. The molecule has 0 fully saturated rings. The minimum atomic E-state index is -2.79. The first-order valence-electron chi connectivity index (χ1n) is 15.1. The first-order chi connectivity index (χ1) is 19.8. The molecule has 0 aliphatic carbocycles. The van der Waals surface area contributed by atoms with Gasteiger partial charge in [-0.1, -0.05) is 137 Å². The maximum absolute atomic E-state index is 12.6. The average Bonchev–Trinajstić information content (AvgIpc) is 2.97. The van der Waals surface area contributed by atoms with Crippen molar-refractivity contribution in [3.05, 3.63) is 109 Å². The van der Waals surface area contributed by atoms with Crippen LogP contribution in [0.1, 0.15) is 72.6 Å². The molecule has 4 nitrogen and oxygen atoms in total. The van der Waals surface area contributed by atoms with Crippen molar-refractivity contribution in [2.24, 2.45) is 0 Å². The summed E-state index contributed by atoms with van der Waals surface area (Å²) in [5.41, 5.74) is 0. The number of esters is 1. The number of aliphatic hydroxyl groups excluding tert-OH is 1. The van der Waals surface area contributed by atoms with E-state index in [1.807, 2.05) is 24.3 Å². The van der Waals surface area contributed by atoms with Crippen LogP contribution in [0.25, 0.3) is 0 Å². The van der Waals surface area contributed by atoms with E-state index < -0.39 is 20.5 Å². The zero-order valence-electron chi connectivity index (χ0n) is 25.2. The van der Waals surface area contributed by atoms with Gasteiger partial charge in [-0.3, -0.25) is 4.79 Å². The lowest BCUT2D eigenvalue weighted by molar-refractivity contribution is -0.153. The quantitative estimate of drug-likeness (QED) is 0.196. The van der Waals surface area contributed by atoms with Gasteiger partial charge in [0.2, 0.25) is 0 Å². The number of carbonyl (C=O) groups excluding carboxylic acids is 1. The Morgan fingerprint density at radius 2 is 1.56 bits per heavy atom. The summed E-state index contributed by atoms with van der Waals surface area (Å²) in [7, 11) is -2.79. The SMILES string of the molecule is CC/C=C\C/C=C\C[C@H]1OC(=O)CCC/C=C\C[C@@H](O[Si](c2ccccc2)(c2ccccc2)C(C)(C)C)/C=C/[C@@H]1O. The number of rotatable bonds is 9. The molecule has 1 aliphatic rings. The fourth-order valence-corrected chi connectivity index (χ4v) is 9.96. The Labute approximate surface area is 248 Å². The number of benzene rings is 2. The van der Waals surface area contributed by atoms with E-state index in [0.29, 0.717) is 25.7 Å². The molecule has 41 heavy (non-hydrogen) atoms. The topological polar surface area (TPSA) is 55.8 Å². The van der Waals surface area contributed by atoms with Gasteiger partial charge in [-0.2, -0.15) is 0 Å². The monoisotopic (exact) mass is 572 g/mol. The number of ether oxygens (including phenoxy) is 1. The first-order valence-corrected chi connectivity index (χ1v) is 17.0. The van der Waals surface area contributed by atoms with E-state index in [0.717, 1.165) is 19.3 Å². The van der Waals surface area contributed by atoms with Crippen LogP contribution in [-0.2, 0) is 14.0 Å². The lowest BCUT2D eigenvalue weighted by Crippen LogP contribution is -2.67. The number of hydrogen-bond acceptors (Lipinski definition) is 4. The van der Waals surface area contributed by atoms with Crippen LogP contribution in [0.4, 0.5) is 0 Å². The van der Waals surface area contributed by atoms with Crippen LogP contribution in [0.3, 0.4) is 0 Å². The summed E-state index contributed by atoms with van der Waals surface area (Å²) < 4.78 is 13.1. The molecule has 1 heterocycles. The van der Waals surface area contributed by atoms with Gasteiger partial charge in [0.15, 0.2) is 0 Å². The summed E-state index contributed by atoms with van der Waals surface area (Å²) in [6, 6.07) is 21.2. The molecule has 1 N–H and O–H groups in total. The van der Waals surface area contributed by atoms with Crippen LogP contribution in [0, 0.1) is 0 Å². The van der Waals surface area contributed by atoms with Gasteiger partial charge >= 0.3 is 5.97 Å². The highest BCUT2D eigenvalue weighted by Crippen LogP contribution is 2.38. The van der Waals surface area contributed by atoms with Crippen molar-refractivity contribution >= 4 is 24.7 Å². The van der Waals surface area contributed by atoms with Crippen molar-refractivity contribution < 1.29 is 19.1 Å².